The number of rotatable bonds is 3. The molecular weight excluding hydrogens is 674 g/mol. The third-order valence-corrected chi connectivity index (χ3v) is 9.91. The van der Waals surface area contributed by atoms with Crippen LogP contribution < -0.4 is 27.5 Å². The molecule has 0 aliphatic carbocycles. The number of methoxy groups -OCH3 is 1. The highest BCUT2D eigenvalue weighted by molar-refractivity contribution is 7.47. The Hall–Kier alpha value is -3.60. The van der Waals surface area contributed by atoms with E-state index in [4.69, 9.17) is 43.8 Å². The third kappa shape index (κ3) is 5.68. The fourth-order valence-corrected chi connectivity index (χ4v) is 7.87. The van der Waals surface area contributed by atoms with E-state index in [0.29, 0.717) is 0 Å². The molecule has 254 valence electrons. The maximum absolute atomic E-state index is 13.3. The van der Waals surface area contributed by atoms with Gasteiger partial charge in [-0.15, -0.1) is 0 Å². The molecule has 0 spiro atoms. The number of ether oxygens (including phenoxy) is 3. The van der Waals surface area contributed by atoms with Crippen LogP contribution in [0.25, 0.3) is 22.3 Å². The second-order valence-electron chi connectivity index (χ2n) is 10.9. The summed E-state index contributed by atoms with van der Waals surface area (Å²) in [5.41, 5.74) is 10.0. The Labute approximate surface area is 261 Å². The quantitative estimate of drug-likeness (QED) is 0.148. The third-order valence-electron chi connectivity index (χ3n) is 7.96. The number of imidazole rings is 2. The first-order valence-electron chi connectivity index (χ1n) is 13.8. The van der Waals surface area contributed by atoms with Crippen LogP contribution in [0.4, 0.5) is 11.9 Å². The highest BCUT2D eigenvalue weighted by Gasteiger charge is 2.52. The summed E-state index contributed by atoms with van der Waals surface area (Å²) in [7, 11) is -8.88. The lowest BCUT2D eigenvalue weighted by Gasteiger charge is -2.33. The number of aromatic nitrogens is 8. The van der Waals surface area contributed by atoms with E-state index in [1.54, 1.807) is 6.92 Å². The SMILES string of the molecule is CO[C@@H]1[C@@H]2OP(=O)([O-])OC[C@H]3O[C@@H](n4cnc5c(=O)[nH]c(N)nc54)[C@H](C)[C@@H]3OP(=O)(O)OC[C@H]2O[C@H]1n1cnc2c(=O)[nH]c(N)nc21. The fraction of sp³-hybridized carbons (Fsp3) is 0.545. The second-order valence-corrected chi connectivity index (χ2v) is 13.7. The Morgan fingerprint density at radius 1 is 0.915 bits per heavy atom. The van der Waals surface area contributed by atoms with Gasteiger partial charge in [0.05, 0.1) is 25.9 Å². The Kier molecular flexibility index (Phi) is 7.84. The summed E-state index contributed by atoms with van der Waals surface area (Å²) in [4.78, 5) is 69.5. The van der Waals surface area contributed by atoms with Crippen molar-refractivity contribution in [3.63, 3.8) is 0 Å². The number of fused-ring (bicyclic) bond motifs is 4. The van der Waals surface area contributed by atoms with Gasteiger partial charge in [-0.2, -0.15) is 9.97 Å². The number of phosphoric acid groups is 2. The standard InChI is InChI=1S/C22H28N10O13P2/c1-7-12-8(42-19(7)31-5-25-10-15(31)27-21(23)29-17(10)33)3-40-47(37,38)45-13-9(4-41-46(35,36)44-12)43-20(14(13)39-2)32-6-26-11-16(32)28-22(24)30-18(11)34/h5-9,12-14,19-20H,3-4H2,1-2H3,(H,35,36)(H,37,38)(H3,23,27,29,33)(H3,24,28,30,34)/p-1/t7-,8-,9-,12+,13-,14-,19-,20-/m1/s1. The fourth-order valence-electron chi connectivity index (χ4n) is 5.90. The molecule has 7 heterocycles. The number of H-pyrrole nitrogens is 2. The van der Waals surface area contributed by atoms with Crippen LogP contribution in [0.15, 0.2) is 22.2 Å². The summed E-state index contributed by atoms with van der Waals surface area (Å²) >= 11 is 0. The van der Waals surface area contributed by atoms with Gasteiger partial charge in [0.1, 0.15) is 36.7 Å². The number of hydrogen-bond donors (Lipinski definition) is 5. The average molecular weight is 701 g/mol. The molecule has 0 radical (unpaired) electrons. The van der Waals surface area contributed by atoms with Crippen molar-refractivity contribution < 1.29 is 51.2 Å². The van der Waals surface area contributed by atoms with E-state index in [9.17, 15) is 28.5 Å². The molecule has 3 aliphatic heterocycles. The number of phosphoric ester groups is 2. The molecule has 4 aromatic rings. The molecule has 0 amide bonds. The number of aromatic amines is 2. The van der Waals surface area contributed by atoms with E-state index >= 15 is 0 Å². The van der Waals surface area contributed by atoms with Crippen LogP contribution in [0.5, 0.6) is 0 Å². The molecule has 7 N–H and O–H groups in total. The van der Waals surface area contributed by atoms with Gasteiger partial charge in [0.15, 0.2) is 28.6 Å². The molecule has 0 bridgehead atoms. The van der Waals surface area contributed by atoms with E-state index in [1.807, 2.05) is 0 Å². The highest BCUT2D eigenvalue weighted by atomic mass is 31.2. The van der Waals surface area contributed by atoms with E-state index in [2.05, 4.69) is 29.9 Å². The molecule has 3 fully saturated rings. The molecule has 25 heteroatoms. The Morgan fingerprint density at radius 3 is 2.04 bits per heavy atom. The molecule has 0 aromatic carbocycles. The van der Waals surface area contributed by atoms with Gasteiger partial charge in [-0.3, -0.25) is 42.3 Å². The molecule has 47 heavy (non-hydrogen) atoms. The maximum atomic E-state index is 13.3. The van der Waals surface area contributed by atoms with Crippen LogP contribution >= 0.6 is 15.6 Å². The maximum Gasteiger partial charge on any atom is 0.472 e. The van der Waals surface area contributed by atoms with Gasteiger partial charge in [-0.1, -0.05) is 6.92 Å². The Morgan fingerprint density at radius 2 is 1.45 bits per heavy atom. The van der Waals surface area contributed by atoms with Crippen molar-refractivity contribution in [1.82, 2.24) is 39.0 Å². The summed E-state index contributed by atoms with van der Waals surface area (Å²) in [5, 5.41) is 0. The predicted octanol–water partition coefficient (Wildman–Crippen LogP) is -1.75. The minimum absolute atomic E-state index is 0.0177. The largest absolute Gasteiger partial charge is 0.756 e. The van der Waals surface area contributed by atoms with Gasteiger partial charge in [0, 0.05) is 13.0 Å². The lowest BCUT2D eigenvalue weighted by molar-refractivity contribution is -0.237. The van der Waals surface area contributed by atoms with Crippen LogP contribution in [-0.4, -0.2) is 94.8 Å². The van der Waals surface area contributed by atoms with Gasteiger partial charge >= 0.3 is 7.82 Å². The molecule has 4 aromatic heterocycles. The zero-order valence-electron chi connectivity index (χ0n) is 24.3. The number of nitrogens with one attached hydrogen (secondary N) is 2. The number of nitrogens with two attached hydrogens (primary N) is 2. The monoisotopic (exact) mass is 701 g/mol. The van der Waals surface area contributed by atoms with Crippen molar-refractivity contribution in [2.45, 2.75) is 49.9 Å². The smallest absolute Gasteiger partial charge is 0.472 e. The van der Waals surface area contributed by atoms with Crippen LogP contribution in [0.1, 0.15) is 19.4 Å². The van der Waals surface area contributed by atoms with E-state index in [1.165, 1.54) is 28.9 Å². The second kappa shape index (κ2) is 11.5. The van der Waals surface area contributed by atoms with Crippen molar-refractivity contribution in [2.75, 3.05) is 31.8 Å². The molecule has 3 saturated heterocycles. The van der Waals surface area contributed by atoms with Crippen LogP contribution in [0.3, 0.4) is 0 Å². The molecule has 10 atom stereocenters. The lowest BCUT2D eigenvalue weighted by atomic mass is 10.0. The predicted molar refractivity (Wildman–Crippen MR) is 152 cm³/mol. The first-order valence-corrected chi connectivity index (χ1v) is 16.8. The van der Waals surface area contributed by atoms with Gasteiger partial charge in [0.25, 0.3) is 18.9 Å². The molecule has 0 saturated carbocycles. The lowest BCUT2D eigenvalue weighted by Crippen LogP contribution is -2.39. The van der Waals surface area contributed by atoms with Crippen LogP contribution in [-0.2, 0) is 41.4 Å². The van der Waals surface area contributed by atoms with Gasteiger partial charge in [-0.25, -0.2) is 14.5 Å². The van der Waals surface area contributed by atoms with E-state index in [0.717, 1.165) is 0 Å². The molecule has 3 aliphatic rings. The number of nitrogen functional groups attached to an aromatic ring is 2. The average Bonchev–Trinajstić information content (AvgIpc) is 3.75. The number of nitrogens with zero attached hydrogens (tertiary/aromatic N) is 6. The summed E-state index contributed by atoms with van der Waals surface area (Å²) in [6.07, 6.45) is -6.52. The first-order chi connectivity index (χ1) is 22.2. The molecule has 23 nitrogen and oxygen atoms in total. The summed E-state index contributed by atoms with van der Waals surface area (Å²) in [6, 6.07) is 0. The van der Waals surface area contributed by atoms with Gasteiger partial charge < -0.3 is 44.5 Å². The summed E-state index contributed by atoms with van der Waals surface area (Å²) < 4.78 is 68.1. The zero-order chi connectivity index (χ0) is 33.4. The summed E-state index contributed by atoms with van der Waals surface area (Å²) in [5.74, 6) is -1.21. The van der Waals surface area contributed by atoms with Crippen molar-refractivity contribution in [2.24, 2.45) is 5.92 Å². The van der Waals surface area contributed by atoms with Crippen molar-refractivity contribution >= 4 is 49.9 Å². The minimum Gasteiger partial charge on any atom is -0.756 e. The van der Waals surface area contributed by atoms with Crippen molar-refractivity contribution in [1.29, 1.82) is 0 Å². The van der Waals surface area contributed by atoms with Gasteiger partial charge in [0.2, 0.25) is 11.9 Å². The molecule has 7 rings (SSSR count). The Bertz CT molecular complexity index is 2070. The topological polar surface area (TPSA) is 321 Å². The zero-order valence-corrected chi connectivity index (χ0v) is 26.1. The van der Waals surface area contributed by atoms with E-state index < -0.39 is 88.9 Å². The van der Waals surface area contributed by atoms with Crippen molar-refractivity contribution in [3.8, 4) is 0 Å². The highest BCUT2D eigenvalue weighted by Crippen LogP contribution is 2.53. The molecule has 2 unspecified atom stereocenters. The van der Waals surface area contributed by atoms with Crippen LogP contribution in [0, 0.1) is 5.92 Å². The van der Waals surface area contributed by atoms with Crippen LogP contribution in [0.2, 0.25) is 0 Å². The Balaban J connectivity index is 1.19. The van der Waals surface area contributed by atoms with Gasteiger partial charge in [-0.05, 0) is 0 Å². The normalized spacial score (nSPS) is 36.6. The minimum atomic E-state index is -5.20. The van der Waals surface area contributed by atoms with Crippen molar-refractivity contribution in [3.05, 3.63) is 33.4 Å². The number of anilines is 2. The number of hydrogen-bond acceptors (Lipinski definition) is 18. The molecular formula is C22H27N10O13P2-. The summed E-state index contributed by atoms with van der Waals surface area (Å²) in [6.45, 7) is 0.125. The first kappa shape index (κ1) is 32.0. The van der Waals surface area contributed by atoms with E-state index in [-0.39, 0.29) is 34.2 Å².